The number of nitrogens with one attached hydrogen (secondary N) is 2. The lowest BCUT2D eigenvalue weighted by atomic mass is 9.89. The first kappa shape index (κ1) is 16.0. The minimum atomic E-state index is -0.214. The molecule has 0 radical (unpaired) electrons. The molecular weight excluding hydrogens is 317 g/mol. The maximum Gasteiger partial charge on any atom is 0.123 e. The number of halogens is 1. The van der Waals surface area contributed by atoms with Crippen LogP contribution < -0.4 is 0 Å². The van der Waals surface area contributed by atoms with E-state index < -0.39 is 0 Å². The predicted molar refractivity (Wildman–Crippen MR) is 94.6 cm³/mol. The summed E-state index contributed by atoms with van der Waals surface area (Å²) in [6, 6.07) is 6.73. The number of H-pyrrole nitrogens is 2. The van der Waals surface area contributed by atoms with Crippen LogP contribution in [-0.2, 0) is 6.54 Å². The molecule has 4 rings (SSSR count). The molecule has 0 spiro atoms. The first-order valence-electron chi connectivity index (χ1n) is 8.71. The molecule has 0 amide bonds. The van der Waals surface area contributed by atoms with Crippen LogP contribution in [0.15, 0.2) is 36.8 Å². The molecule has 1 aliphatic heterocycles. The first-order chi connectivity index (χ1) is 12.2. The molecule has 25 heavy (non-hydrogen) atoms. The van der Waals surface area contributed by atoms with Crippen molar-refractivity contribution in [1.29, 1.82) is 0 Å². The Morgan fingerprint density at radius 2 is 2.12 bits per heavy atom. The number of hydrogen-bond acceptors (Lipinski definition) is 3. The highest BCUT2D eigenvalue weighted by Crippen LogP contribution is 2.34. The van der Waals surface area contributed by atoms with Crippen molar-refractivity contribution in [3.63, 3.8) is 0 Å². The zero-order chi connectivity index (χ0) is 17.2. The largest absolute Gasteiger partial charge is 0.348 e. The van der Waals surface area contributed by atoms with Crippen LogP contribution in [0.1, 0.15) is 35.8 Å². The van der Waals surface area contributed by atoms with Crippen molar-refractivity contribution in [1.82, 2.24) is 25.1 Å². The Kier molecular flexibility index (Phi) is 4.36. The number of benzene rings is 1. The number of piperidine rings is 1. The molecule has 2 N–H and O–H groups in total. The van der Waals surface area contributed by atoms with E-state index in [2.05, 4.69) is 32.0 Å². The van der Waals surface area contributed by atoms with Crippen molar-refractivity contribution in [2.24, 2.45) is 0 Å². The minimum absolute atomic E-state index is 0.214. The summed E-state index contributed by atoms with van der Waals surface area (Å²) in [4.78, 5) is 9.97. The molecule has 1 saturated heterocycles. The first-order valence-corrected chi connectivity index (χ1v) is 8.71. The summed E-state index contributed by atoms with van der Waals surface area (Å²) in [6.07, 6.45) is 5.69. The van der Waals surface area contributed by atoms with Gasteiger partial charge in [0.05, 0.1) is 18.2 Å². The van der Waals surface area contributed by atoms with Crippen LogP contribution in [0.25, 0.3) is 11.1 Å². The topological polar surface area (TPSA) is 60.6 Å². The van der Waals surface area contributed by atoms with Crippen LogP contribution in [0.2, 0.25) is 0 Å². The lowest BCUT2D eigenvalue weighted by molar-refractivity contribution is 0.201. The molecule has 3 heterocycles. The second kappa shape index (κ2) is 6.80. The van der Waals surface area contributed by atoms with Gasteiger partial charge in [-0.2, -0.15) is 5.10 Å². The van der Waals surface area contributed by atoms with E-state index in [1.54, 1.807) is 18.5 Å². The standard InChI is InChI=1S/C19H22FN5/c1-13-18(22-12-21-13)11-25-7-5-14(6-8-25)19-17(10-23-24-19)15-3-2-4-16(20)9-15/h2-4,9-10,12,14H,5-8,11H2,1H3,(H,21,22)(H,23,24). The van der Waals surface area contributed by atoms with Gasteiger partial charge in [-0.3, -0.25) is 10.00 Å². The number of rotatable bonds is 4. The maximum absolute atomic E-state index is 13.6. The Labute approximate surface area is 146 Å². The van der Waals surface area contributed by atoms with E-state index in [1.807, 2.05) is 12.3 Å². The number of aromatic amines is 2. The van der Waals surface area contributed by atoms with Gasteiger partial charge in [-0.05, 0) is 50.6 Å². The molecule has 5 nitrogen and oxygen atoms in total. The molecule has 130 valence electrons. The summed E-state index contributed by atoms with van der Waals surface area (Å²) in [5.41, 5.74) is 5.30. The molecule has 1 aliphatic rings. The zero-order valence-electron chi connectivity index (χ0n) is 14.3. The van der Waals surface area contributed by atoms with Crippen LogP contribution in [-0.4, -0.2) is 38.2 Å². The van der Waals surface area contributed by atoms with E-state index in [0.717, 1.165) is 60.7 Å². The average Bonchev–Trinajstić information content (AvgIpc) is 3.25. The quantitative estimate of drug-likeness (QED) is 0.763. The molecule has 6 heteroatoms. The molecule has 0 aliphatic carbocycles. The van der Waals surface area contributed by atoms with E-state index in [1.165, 1.54) is 6.07 Å². The molecule has 1 fully saturated rings. The van der Waals surface area contributed by atoms with Crippen molar-refractivity contribution < 1.29 is 4.39 Å². The Morgan fingerprint density at radius 3 is 2.84 bits per heavy atom. The Balaban J connectivity index is 1.45. The van der Waals surface area contributed by atoms with Crippen LogP contribution in [0.5, 0.6) is 0 Å². The van der Waals surface area contributed by atoms with E-state index >= 15 is 0 Å². The van der Waals surface area contributed by atoms with Crippen LogP contribution in [0, 0.1) is 12.7 Å². The van der Waals surface area contributed by atoms with E-state index in [9.17, 15) is 4.39 Å². The fraction of sp³-hybridized carbons (Fsp3) is 0.368. The Hall–Kier alpha value is -2.47. The van der Waals surface area contributed by atoms with Crippen molar-refractivity contribution in [2.75, 3.05) is 13.1 Å². The number of nitrogens with zero attached hydrogens (tertiary/aromatic N) is 3. The number of hydrogen-bond donors (Lipinski definition) is 2. The summed E-state index contributed by atoms with van der Waals surface area (Å²) in [6.45, 7) is 5.00. The molecule has 0 unspecified atom stereocenters. The molecule has 0 bridgehead atoms. The second-order valence-electron chi connectivity index (χ2n) is 6.73. The fourth-order valence-corrected chi connectivity index (χ4v) is 3.63. The number of imidazole rings is 1. The summed E-state index contributed by atoms with van der Waals surface area (Å²) >= 11 is 0. The monoisotopic (exact) mass is 339 g/mol. The van der Waals surface area contributed by atoms with Gasteiger partial charge in [-0.25, -0.2) is 9.37 Å². The Morgan fingerprint density at radius 1 is 1.28 bits per heavy atom. The van der Waals surface area contributed by atoms with Crippen LogP contribution in [0.3, 0.4) is 0 Å². The smallest absolute Gasteiger partial charge is 0.123 e. The maximum atomic E-state index is 13.6. The van der Waals surface area contributed by atoms with E-state index in [4.69, 9.17) is 0 Å². The molecule has 0 atom stereocenters. The average molecular weight is 339 g/mol. The second-order valence-corrected chi connectivity index (χ2v) is 6.73. The summed E-state index contributed by atoms with van der Waals surface area (Å²) in [7, 11) is 0. The normalized spacial score (nSPS) is 16.4. The number of likely N-dealkylation sites (tertiary alicyclic amines) is 1. The fourth-order valence-electron chi connectivity index (χ4n) is 3.63. The summed E-state index contributed by atoms with van der Waals surface area (Å²) in [5.74, 6) is 0.214. The highest BCUT2D eigenvalue weighted by molar-refractivity contribution is 5.65. The van der Waals surface area contributed by atoms with Gasteiger partial charge in [-0.15, -0.1) is 0 Å². The highest BCUT2D eigenvalue weighted by atomic mass is 19.1. The van der Waals surface area contributed by atoms with Crippen molar-refractivity contribution in [2.45, 2.75) is 32.2 Å². The van der Waals surface area contributed by atoms with E-state index in [-0.39, 0.29) is 5.82 Å². The summed E-state index contributed by atoms with van der Waals surface area (Å²) < 4.78 is 13.6. The zero-order valence-corrected chi connectivity index (χ0v) is 14.3. The lowest BCUT2D eigenvalue weighted by Crippen LogP contribution is -2.33. The number of aryl methyl sites for hydroxylation is 1. The van der Waals surface area contributed by atoms with Gasteiger partial charge in [-0.1, -0.05) is 12.1 Å². The van der Waals surface area contributed by atoms with E-state index in [0.29, 0.717) is 5.92 Å². The third kappa shape index (κ3) is 3.35. The molecular formula is C19H22FN5. The van der Waals surface area contributed by atoms with Gasteiger partial charge in [0.15, 0.2) is 0 Å². The molecule has 1 aromatic carbocycles. The van der Waals surface area contributed by atoms with Gasteiger partial charge >= 0.3 is 0 Å². The minimum Gasteiger partial charge on any atom is -0.348 e. The van der Waals surface area contributed by atoms with Crippen molar-refractivity contribution in [3.05, 3.63) is 59.7 Å². The third-order valence-electron chi connectivity index (χ3n) is 5.11. The predicted octanol–water partition coefficient (Wildman–Crippen LogP) is 3.63. The van der Waals surface area contributed by atoms with Gasteiger partial charge < -0.3 is 4.98 Å². The van der Waals surface area contributed by atoms with Gasteiger partial charge in [0.25, 0.3) is 0 Å². The lowest BCUT2D eigenvalue weighted by Gasteiger charge is -2.31. The summed E-state index contributed by atoms with van der Waals surface area (Å²) in [5, 5.41) is 7.37. The van der Waals surface area contributed by atoms with Crippen molar-refractivity contribution in [3.8, 4) is 11.1 Å². The molecule has 3 aromatic rings. The van der Waals surface area contributed by atoms with Crippen molar-refractivity contribution >= 4 is 0 Å². The van der Waals surface area contributed by atoms with Crippen LogP contribution >= 0.6 is 0 Å². The Bertz CT molecular complexity index is 845. The molecule has 0 saturated carbocycles. The third-order valence-corrected chi connectivity index (χ3v) is 5.11. The SMILES string of the molecule is Cc1[nH]cnc1CN1CCC(c2[nH]ncc2-c2cccc(F)c2)CC1. The molecule has 2 aromatic heterocycles. The van der Waals surface area contributed by atoms with Gasteiger partial charge in [0.2, 0.25) is 0 Å². The van der Waals surface area contributed by atoms with Crippen LogP contribution in [0.4, 0.5) is 4.39 Å². The van der Waals surface area contributed by atoms with Gasteiger partial charge in [0.1, 0.15) is 5.82 Å². The highest BCUT2D eigenvalue weighted by Gasteiger charge is 2.25. The van der Waals surface area contributed by atoms with Gasteiger partial charge in [0, 0.05) is 29.4 Å². The number of aromatic nitrogens is 4.